The Hall–Kier alpha value is -2.09. The van der Waals surface area contributed by atoms with Crippen LogP contribution in [0.15, 0.2) is 47.4 Å². The molecule has 0 saturated carbocycles. The molecule has 1 heterocycles. The van der Waals surface area contributed by atoms with Gasteiger partial charge in [-0.3, -0.25) is 4.79 Å². The monoisotopic (exact) mass is 408 g/mol. The molecule has 0 atom stereocenters. The summed E-state index contributed by atoms with van der Waals surface area (Å²) in [5.41, 5.74) is 1.28. The molecule has 6 nitrogen and oxygen atoms in total. The maximum atomic E-state index is 12.7. The molecule has 3 rings (SSSR count). The normalized spacial score (nSPS) is 14.9. The van der Waals surface area contributed by atoms with Crippen molar-refractivity contribution in [2.45, 2.75) is 24.7 Å². The van der Waals surface area contributed by atoms with Crippen LogP contribution in [-0.2, 0) is 14.8 Å². The van der Waals surface area contributed by atoms with E-state index >= 15 is 0 Å². The van der Waals surface area contributed by atoms with Gasteiger partial charge in [0.15, 0.2) is 6.61 Å². The number of hydrogen-bond donors (Lipinski definition) is 1. The number of anilines is 1. The molecule has 0 unspecified atom stereocenters. The molecule has 1 N–H and O–H groups in total. The average molecular weight is 409 g/mol. The number of sulfonamides is 1. The molecular weight excluding hydrogens is 388 g/mol. The first-order valence-electron chi connectivity index (χ1n) is 8.66. The Morgan fingerprint density at radius 2 is 1.89 bits per heavy atom. The number of amides is 1. The first-order chi connectivity index (χ1) is 12.9. The fraction of sp³-hybridized carbons (Fsp3) is 0.316. The predicted molar refractivity (Wildman–Crippen MR) is 105 cm³/mol. The Kier molecular flexibility index (Phi) is 6.04. The molecule has 1 saturated heterocycles. The highest BCUT2D eigenvalue weighted by Crippen LogP contribution is 2.29. The molecule has 0 aliphatic carbocycles. The van der Waals surface area contributed by atoms with E-state index in [0.717, 1.165) is 18.4 Å². The van der Waals surface area contributed by atoms with E-state index in [9.17, 15) is 13.2 Å². The first-order valence-corrected chi connectivity index (χ1v) is 10.5. The summed E-state index contributed by atoms with van der Waals surface area (Å²) in [5, 5.41) is 2.79. The molecule has 27 heavy (non-hydrogen) atoms. The minimum Gasteiger partial charge on any atom is -0.483 e. The maximum absolute atomic E-state index is 12.7. The van der Waals surface area contributed by atoms with Crippen LogP contribution in [0.5, 0.6) is 5.75 Å². The molecule has 0 spiro atoms. The summed E-state index contributed by atoms with van der Waals surface area (Å²) in [6.45, 7) is 2.68. The van der Waals surface area contributed by atoms with Crippen LogP contribution in [-0.4, -0.2) is 38.3 Å². The summed E-state index contributed by atoms with van der Waals surface area (Å²) in [4.78, 5) is 12.2. The van der Waals surface area contributed by atoms with Gasteiger partial charge >= 0.3 is 0 Å². The van der Waals surface area contributed by atoms with Gasteiger partial charge < -0.3 is 10.1 Å². The van der Waals surface area contributed by atoms with Crippen molar-refractivity contribution in [3.05, 3.63) is 53.1 Å². The van der Waals surface area contributed by atoms with Crippen molar-refractivity contribution in [1.29, 1.82) is 0 Å². The first kappa shape index (κ1) is 19.7. The zero-order valence-electron chi connectivity index (χ0n) is 14.9. The third-order valence-electron chi connectivity index (χ3n) is 4.35. The lowest BCUT2D eigenvalue weighted by Gasteiger charge is -2.17. The smallest absolute Gasteiger partial charge is 0.262 e. The van der Waals surface area contributed by atoms with Crippen LogP contribution in [0.25, 0.3) is 0 Å². The van der Waals surface area contributed by atoms with E-state index < -0.39 is 10.0 Å². The molecule has 1 amide bonds. The van der Waals surface area contributed by atoms with Gasteiger partial charge in [0.05, 0.1) is 5.02 Å². The SMILES string of the molecule is Cc1ccccc1OCC(=O)Nc1ccc(Cl)c(S(=O)(=O)N2CCCC2)c1. The minimum absolute atomic E-state index is 0.00342. The number of halogens is 1. The van der Waals surface area contributed by atoms with Crippen molar-refractivity contribution >= 4 is 33.2 Å². The van der Waals surface area contributed by atoms with Gasteiger partial charge in [0.1, 0.15) is 10.6 Å². The highest BCUT2D eigenvalue weighted by atomic mass is 35.5. The molecule has 0 radical (unpaired) electrons. The number of nitrogens with one attached hydrogen (secondary N) is 1. The second kappa shape index (κ2) is 8.29. The number of hydrogen-bond acceptors (Lipinski definition) is 4. The Morgan fingerprint density at radius 3 is 2.59 bits per heavy atom. The minimum atomic E-state index is -3.67. The second-order valence-corrected chi connectivity index (χ2v) is 8.67. The Labute approximate surface area is 164 Å². The number of carbonyl (C=O) groups is 1. The summed E-state index contributed by atoms with van der Waals surface area (Å²) in [5.74, 6) is 0.242. The van der Waals surface area contributed by atoms with E-state index in [1.807, 2.05) is 25.1 Å². The summed E-state index contributed by atoms with van der Waals surface area (Å²) >= 11 is 6.11. The molecule has 1 aliphatic heterocycles. The van der Waals surface area contributed by atoms with Crippen LogP contribution in [0.3, 0.4) is 0 Å². The number of aryl methyl sites for hydroxylation is 1. The molecule has 8 heteroatoms. The Morgan fingerprint density at radius 1 is 1.19 bits per heavy atom. The van der Waals surface area contributed by atoms with Crippen LogP contribution >= 0.6 is 11.6 Å². The predicted octanol–water partition coefficient (Wildman–Crippen LogP) is 3.45. The summed E-state index contributed by atoms with van der Waals surface area (Å²) in [6, 6.07) is 11.8. The Balaban J connectivity index is 1.70. The largest absolute Gasteiger partial charge is 0.483 e. The van der Waals surface area contributed by atoms with Gasteiger partial charge in [0.2, 0.25) is 10.0 Å². The lowest BCUT2D eigenvalue weighted by molar-refractivity contribution is -0.118. The van der Waals surface area contributed by atoms with Gasteiger partial charge in [0, 0.05) is 18.8 Å². The number of carbonyl (C=O) groups excluding carboxylic acids is 1. The maximum Gasteiger partial charge on any atom is 0.262 e. The van der Waals surface area contributed by atoms with Gasteiger partial charge in [-0.2, -0.15) is 4.31 Å². The fourth-order valence-corrected chi connectivity index (χ4v) is 4.92. The number of rotatable bonds is 6. The molecule has 144 valence electrons. The number of ether oxygens (including phenoxy) is 1. The van der Waals surface area contributed by atoms with Crippen molar-refractivity contribution in [3.63, 3.8) is 0 Å². The van der Waals surface area contributed by atoms with Crippen LogP contribution in [0.1, 0.15) is 18.4 Å². The summed E-state index contributed by atoms with van der Waals surface area (Å²) in [6.07, 6.45) is 1.67. The van der Waals surface area contributed by atoms with Crippen molar-refractivity contribution in [2.24, 2.45) is 0 Å². The van der Waals surface area contributed by atoms with Gasteiger partial charge in [-0.1, -0.05) is 29.8 Å². The van der Waals surface area contributed by atoms with Crippen LogP contribution in [0.2, 0.25) is 5.02 Å². The zero-order valence-corrected chi connectivity index (χ0v) is 16.5. The van der Waals surface area contributed by atoms with E-state index in [4.69, 9.17) is 16.3 Å². The standard InChI is InChI=1S/C19H21ClN2O4S/c1-14-6-2-3-7-17(14)26-13-19(23)21-15-8-9-16(20)18(12-15)27(24,25)22-10-4-5-11-22/h2-3,6-9,12H,4-5,10-11,13H2,1H3,(H,21,23). The lowest BCUT2D eigenvalue weighted by atomic mass is 10.2. The highest BCUT2D eigenvalue weighted by molar-refractivity contribution is 7.89. The Bertz CT molecular complexity index is 940. The van der Waals surface area contributed by atoms with Crippen molar-refractivity contribution in [2.75, 3.05) is 25.0 Å². The van der Waals surface area contributed by atoms with Crippen LogP contribution < -0.4 is 10.1 Å². The van der Waals surface area contributed by atoms with Gasteiger partial charge in [0.25, 0.3) is 5.91 Å². The van der Waals surface area contributed by atoms with Crippen molar-refractivity contribution in [1.82, 2.24) is 4.31 Å². The molecule has 0 aromatic heterocycles. The number of benzene rings is 2. The number of para-hydroxylation sites is 1. The lowest BCUT2D eigenvalue weighted by Crippen LogP contribution is -2.28. The molecule has 1 fully saturated rings. The second-order valence-electron chi connectivity index (χ2n) is 6.36. The molecule has 2 aromatic carbocycles. The average Bonchev–Trinajstić information content (AvgIpc) is 3.18. The third-order valence-corrected chi connectivity index (χ3v) is 6.73. The summed E-state index contributed by atoms with van der Waals surface area (Å²) in [7, 11) is -3.67. The molecule has 1 aliphatic rings. The third kappa shape index (κ3) is 4.61. The molecule has 2 aromatic rings. The highest BCUT2D eigenvalue weighted by Gasteiger charge is 2.29. The van der Waals surface area contributed by atoms with Crippen molar-refractivity contribution in [3.8, 4) is 5.75 Å². The van der Waals surface area contributed by atoms with E-state index in [1.54, 1.807) is 12.1 Å². The molecule has 0 bridgehead atoms. The van der Waals surface area contributed by atoms with Crippen LogP contribution in [0, 0.1) is 6.92 Å². The summed E-state index contributed by atoms with van der Waals surface area (Å²) < 4.78 is 32.4. The van der Waals surface area contributed by atoms with Gasteiger partial charge in [-0.15, -0.1) is 0 Å². The topological polar surface area (TPSA) is 75.7 Å². The molecular formula is C19H21ClN2O4S. The van der Waals surface area contributed by atoms with Crippen LogP contribution in [0.4, 0.5) is 5.69 Å². The zero-order chi connectivity index (χ0) is 19.4. The van der Waals surface area contributed by atoms with Crippen molar-refractivity contribution < 1.29 is 17.9 Å². The van der Waals surface area contributed by atoms with E-state index in [2.05, 4.69) is 5.32 Å². The quantitative estimate of drug-likeness (QED) is 0.794. The number of nitrogens with zero attached hydrogens (tertiary/aromatic N) is 1. The van der Waals surface area contributed by atoms with E-state index in [-0.39, 0.29) is 22.4 Å². The fourth-order valence-electron chi connectivity index (χ4n) is 2.91. The van der Waals surface area contributed by atoms with E-state index in [0.29, 0.717) is 24.5 Å². The van der Waals surface area contributed by atoms with E-state index in [1.165, 1.54) is 16.4 Å². The van der Waals surface area contributed by atoms with Gasteiger partial charge in [-0.25, -0.2) is 8.42 Å². The van der Waals surface area contributed by atoms with Gasteiger partial charge in [-0.05, 0) is 49.6 Å².